The Labute approximate surface area is 97.6 Å². The molecule has 1 rings (SSSR count). The average Bonchev–Trinajstić information content (AvgIpc) is 2.34. The summed E-state index contributed by atoms with van der Waals surface area (Å²) in [6, 6.07) is 5.84. The molecule has 2 heteroatoms. The summed E-state index contributed by atoms with van der Waals surface area (Å²) in [5.41, 5.74) is 1.97. The van der Waals surface area contributed by atoms with Gasteiger partial charge in [-0.2, -0.15) is 0 Å². The molecule has 0 aliphatic carbocycles. The molecule has 1 aromatic rings. The highest BCUT2D eigenvalue weighted by atomic mass is 16.5. The van der Waals surface area contributed by atoms with Crippen molar-refractivity contribution < 1.29 is 9.84 Å². The second-order valence-corrected chi connectivity index (χ2v) is 3.71. The highest BCUT2D eigenvalue weighted by Crippen LogP contribution is 2.28. The Kier molecular flexibility index (Phi) is 5.06. The summed E-state index contributed by atoms with van der Waals surface area (Å²) in [7, 11) is 0. The van der Waals surface area contributed by atoms with Crippen molar-refractivity contribution in [2.45, 2.75) is 20.3 Å². The molecule has 0 saturated heterocycles. The van der Waals surface area contributed by atoms with Crippen LogP contribution >= 0.6 is 0 Å². The van der Waals surface area contributed by atoms with Crippen molar-refractivity contribution in [1.29, 1.82) is 0 Å². The highest BCUT2D eigenvalue weighted by molar-refractivity contribution is 5.63. The summed E-state index contributed by atoms with van der Waals surface area (Å²) in [5, 5.41) is 9.16. The Morgan fingerprint density at radius 1 is 1.50 bits per heavy atom. The van der Waals surface area contributed by atoms with Crippen molar-refractivity contribution in [3.8, 4) is 5.75 Å². The van der Waals surface area contributed by atoms with E-state index in [1.165, 1.54) is 0 Å². The summed E-state index contributed by atoms with van der Waals surface area (Å²) in [4.78, 5) is 0. The Balaban J connectivity index is 3.05. The molecule has 1 aromatic carbocycles. The van der Waals surface area contributed by atoms with E-state index >= 15 is 0 Å². The lowest BCUT2D eigenvalue weighted by molar-refractivity contribution is 0.311. The van der Waals surface area contributed by atoms with Crippen molar-refractivity contribution >= 4 is 6.08 Å². The largest absolute Gasteiger partial charge is 0.493 e. The number of benzene rings is 1. The number of hydrogen-bond donors (Lipinski definition) is 1. The van der Waals surface area contributed by atoms with Gasteiger partial charge < -0.3 is 9.84 Å². The molecule has 16 heavy (non-hydrogen) atoms. The van der Waals surface area contributed by atoms with Crippen molar-refractivity contribution in [2.24, 2.45) is 0 Å². The maximum Gasteiger partial charge on any atom is 0.126 e. The lowest BCUT2D eigenvalue weighted by Gasteiger charge is -2.15. The van der Waals surface area contributed by atoms with Crippen LogP contribution in [0.2, 0.25) is 0 Å². The Bertz CT molecular complexity index is 345. The molecular formula is C14H19O2. The SMILES string of the molecule is C=Cc1c(OCCC)cccc1[C](C)CO. The maximum absolute atomic E-state index is 9.16. The third kappa shape index (κ3) is 2.86. The van der Waals surface area contributed by atoms with E-state index in [0.29, 0.717) is 6.61 Å². The minimum absolute atomic E-state index is 0.0536. The van der Waals surface area contributed by atoms with Gasteiger partial charge in [0.15, 0.2) is 0 Å². The van der Waals surface area contributed by atoms with Gasteiger partial charge in [-0.3, -0.25) is 0 Å². The molecule has 0 amide bonds. The zero-order valence-corrected chi connectivity index (χ0v) is 9.99. The molecule has 0 heterocycles. The van der Waals surface area contributed by atoms with E-state index in [-0.39, 0.29) is 6.61 Å². The molecule has 0 aliphatic rings. The van der Waals surface area contributed by atoms with Gasteiger partial charge in [-0.25, -0.2) is 0 Å². The highest BCUT2D eigenvalue weighted by Gasteiger charge is 2.12. The average molecular weight is 219 g/mol. The van der Waals surface area contributed by atoms with Crippen LogP contribution in [0.15, 0.2) is 24.8 Å². The van der Waals surface area contributed by atoms with Crippen LogP contribution in [-0.2, 0) is 0 Å². The summed E-state index contributed by atoms with van der Waals surface area (Å²) in [6.07, 6.45) is 2.75. The Morgan fingerprint density at radius 3 is 2.81 bits per heavy atom. The van der Waals surface area contributed by atoms with Gasteiger partial charge in [-0.1, -0.05) is 38.6 Å². The van der Waals surface area contributed by atoms with Crippen molar-refractivity contribution in [3.63, 3.8) is 0 Å². The van der Waals surface area contributed by atoms with Gasteiger partial charge in [0.1, 0.15) is 5.75 Å². The molecule has 0 bridgehead atoms. The molecule has 0 saturated carbocycles. The standard InChI is InChI=1S/C14H19O2/c1-4-9-16-14-8-6-7-13(11(3)10-15)12(14)5-2/h5-8,15H,2,4,9-10H2,1,3H3. The third-order valence-electron chi connectivity index (χ3n) is 2.43. The predicted octanol–water partition coefficient (Wildman–Crippen LogP) is 3.05. The van der Waals surface area contributed by atoms with Crippen LogP contribution in [0, 0.1) is 5.92 Å². The lowest BCUT2D eigenvalue weighted by atomic mass is 9.95. The molecule has 0 atom stereocenters. The van der Waals surface area contributed by atoms with E-state index in [2.05, 4.69) is 13.5 Å². The monoisotopic (exact) mass is 219 g/mol. The first-order chi connectivity index (χ1) is 7.74. The van der Waals surface area contributed by atoms with Gasteiger partial charge >= 0.3 is 0 Å². The molecule has 1 radical (unpaired) electrons. The summed E-state index contributed by atoms with van der Waals surface area (Å²) in [5.74, 6) is 1.76. The predicted molar refractivity (Wildman–Crippen MR) is 67.4 cm³/mol. The van der Waals surface area contributed by atoms with E-state index < -0.39 is 0 Å². The Morgan fingerprint density at radius 2 is 2.25 bits per heavy atom. The maximum atomic E-state index is 9.16. The Hall–Kier alpha value is -1.28. The molecule has 0 unspecified atom stereocenters. The first-order valence-corrected chi connectivity index (χ1v) is 5.56. The zero-order valence-electron chi connectivity index (χ0n) is 9.99. The normalized spacial score (nSPS) is 10.5. The number of aliphatic hydroxyl groups is 1. The van der Waals surface area contributed by atoms with Gasteiger partial charge in [-0.05, 0) is 18.1 Å². The molecular weight excluding hydrogens is 200 g/mol. The van der Waals surface area contributed by atoms with Crippen LogP contribution in [0.5, 0.6) is 5.75 Å². The minimum Gasteiger partial charge on any atom is -0.493 e. The van der Waals surface area contributed by atoms with Gasteiger partial charge in [0.2, 0.25) is 0 Å². The van der Waals surface area contributed by atoms with E-state index in [9.17, 15) is 0 Å². The van der Waals surface area contributed by atoms with Gasteiger partial charge in [0.25, 0.3) is 0 Å². The van der Waals surface area contributed by atoms with Gasteiger partial charge in [0, 0.05) is 11.5 Å². The van der Waals surface area contributed by atoms with Crippen LogP contribution in [-0.4, -0.2) is 18.3 Å². The van der Waals surface area contributed by atoms with Crippen LogP contribution in [0.25, 0.3) is 6.08 Å². The topological polar surface area (TPSA) is 29.5 Å². The van der Waals surface area contributed by atoms with E-state index in [1.807, 2.05) is 25.1 Å². The van der Waals surface area contributed by atoms with Crippen LogP contribution in [0.3, 0.4) is 0 Å². The molecule has 0 aliphatic heterocycles. The smallest absolute Gasteiger partial charge is 0.126 e. The molecule has 87 valence electrons. The molecule has 2 nitrogen and oxygen atoms in total. The first-order valence-electron chi connectivity index (χ1n) is 5.56. The quantitative estimate of drug-likeness (QED) is 0.796. The summed E-state index contributed by atoms with van der Waals surface area (Å²) in [6.45, 7) is 8.53. The molecule has 0 aromatic heterocycles. The van der Waals surface area contributed by atoms with Crippen molar-refractivity contribution in [2.75, 3.05) is 13.2 Å². The second kappa shape index (κ2) is 6.33. The third-order valence-corrected chi connectivity index (χ3v) is 2.43. The fraction of sp³-hybridized carbons (Fsp3) is 0.357. The number of ether oxygens (including phenoxy) is 1. The van der Waals surface area contributed by atoms with Gasteiger partial charge in [-0.15, -0.1) is 0 Å². The summed E-state index contributed by atoms with van der Waals surface area (Å²) < 4.78 is 5.65. The zero-order chi connectivity index (χ0) is 12.0. The number of aliphatic hydroxyl groups excluding tert-OH is 1. The van der Waals surface area contributed by atoms with Crippen molar-refractivity contribution in [3.05, 3.63) is 41.8 Å². The van der Waals surface area contributed by atoms with Crippen LogP contribution < -0.4 is 4.74 Å². The molecule has 0 spiro atoms. The number of rotatable bonds is 6. The van der Waals surface area contributed by atoms with Crippen LogP contribution in [0.4, 0.5) is 0 Å². The first kappa shape index (κ1) is 12.8. The molecule has 1 N–H and O–H groups in total. The second-order valence-electron chi connectivity index (χ2n) is 3.71. The van der Waals surface area contributed by atoms with E-state index in [0.717, 1.165) is 29.2 Å². The summed E-state index contributed by atoms with van der Waals surface area (Å²) >= 11 is 0. The van der Waals surface area contributed by atoms with E-state index in [4.69, 9.17) is 9.84 Å². The fourth-order valence-electron chi connectivity index (χ4n) is 1.55. The van der Waals surface area contributed by atoms with E-state index in [1.54, 1.807) is 6.08 Å². The fourth-order valence-corrected chi connectivity index (χ4v) is 1.55. The number of hydrogen-bond acceptors (Lipinski definition) is 2. The lowest BCUT2D eigenvalue weighted by Crippen LogP contribution is -2.05. The van der Waals surface area contributed by atoms with Crippen molar-refractivity contribution in [1.82, 2.24) is 0 Å². The van der Waals surface area contributed by atoms with Crippen LogP contribution in [0.1, 0.15) is 31.4 Å². The van der Waals surface area contributed by atoms with Gasteiger partial charge in [0.05, 0.1) is 13.2 Å². The molecule has 0 fully saturated rings. The minimum atomic E-state index is 0.0536.